The zero-order valence-corrected chi connectivity index (χ0v) is 39.2. The SMILES string of the molecule is COc1cc(N2CCN(C(=O)Cn3nc(-c4cc[n+](O)cc4)c(Cl)c3C)CC2)ccc1Cl.COc1cc(N2CCNCC2)ccc1Cl.Cc1c(Cl)c(-c2cc[n+](O)cc2)nn1CC(=O)O. The van der Waals surface area contributed by atoms with E-state index in [4.69, 9.17) is 66.2 Å². The normalized spacial score (nSPS) is 13.6. The van der Waals surface area contributed by atoms with Gasteiger partial charge in [-0.15, -0.1) is 0 Å². The average molecular weight is 973 g/mol. The van der Waals surface area contributed by atoms with Gasteiger partial charge in [-0.05, 0) is 38.1 Å². The number of carboxylic acids is 1. The Morgan fingerprint density at radius 1 is 0.646 bits per heavy atom. The Labute approximate surface area is 396 Å². The third kappa shape index (κ3) is 12.2. The number of piperazine rings is 2. The van der Waals surface area contributed by atoms with Crippen LogP contribution in [0.3, 0.4) is 0 Å². The van der Waals surface area contributed by atoms with Crippen LogP contribution in [0.1, 0.15) is 11.4 Å². The number of nitrogens with one attached hydrogen (secondary N) is 1. The molecule has 65 heavy (non-hydrogen) atoms. The molecule has 2 saturated heterocycles. The highest BCUT2D eigenvalue weighted by Gasteiger charge is 2.25. The largest absolute Gasteiger partial charge is 0.495 e. The van der Waals surface area contributed by atoms with Gasteiger partial charge in [-0.25, -0.2) is 0 Å². The summed E-state index contributed by atoms with van der Waals surface area (Å²) in [7, 11) is 3.24. The predicted octanol–water partition coefficient (Wildman–Crippen LogP) is 5.93. The smallest absolute Gasteiger partial charge is 0.325 e. The number of methoxy groups -OCH3 is 2. The number of benzene rings is 2. The Kier molecular flexibility index (Phi) is 16.6. The Balaban J connectivity index is 0.000000178. The Morgan fingerprint density at radius 2 is 1.06 bits per heavy atom. The van der Waals surface area contributed by atoms with Crippen LogP contribution in [-0.4, -0.2) is 118 Å². The van der Waals surface area contributed by atoms with Gasteiger partial charge in [0.2, 0.25) is 30.7 Å². The maximum atomic E-state index is 12.9. The first-order valence-corrected chi connectivity index (χ1v) is 21.9. The summed E-state index contributed by atoms with van der Waals surface area (Å²) in [6.45, 7) is 10.2. The molecule has 4 N–H and O–H groups in total. The molecule has 0 bridgehead atoms. The quantitative estimate of drug-likeness (QED) is 0.0942. The molecular formula is C44H50Cl4N10O7+2. The van der Waals surface area contributed by atoms with E-state index in [1.54, 1.807) is 50.1 Å². The van der Waals surface area contributed by atoms with E-state index in [0.717, 1.165) is 58.3 Å². The number of amides is 1. The molecule has 17 nitrogen and oxygen atoms in total. The Morgan fingerprint density at radius 3 is 1.48 bits per heavy atom. The molecule has 0 radical (unpaired) electrons. The number of nitrogens with zero attached hydrogens (tertiary/aromatic N) is 9. The Hall–Kier alpha value is -5.98. The number of aliphatic carboxylic acids is 1. The van der Waals surface area contributed by atoms with E-state index in [1.165, 1.54) is 35.2 Å². The van der Waals surface area contributed by atoms with Crippen molar-refractivity contribution in [1.29, 1.82) is 0 Å². The zero-order chi connectivity index (χ0) is 46.8. The predicted molar refractivity (Wildman–Crippen MR) is 247 cm³/mol. The van der Waals surface area contributed by atoms with Crippen molar-refractivity contribution in [1.82, 2.24) is 29.8 Å². The minimum Gasteiger partial charge on any atom is -0.495 e. The number of anilines is 2. The minimum absolute atomic E-state index is 0.00610. The average Bonchev–Trinajstić information content (AvgIpc) is 3.75. The zero-order valence-electron chi connectivity index (χ0n) is 36.2. The standard InChI is InChI=1S/C22H24Cl2N5O3.C11H10ClN3O3.C11H15ClN2O/c1-15-21(24)22(16-5-7-28(31)8-6-16)25-29(15)14-20(30)27-11-9-26(10-12-27)17-3-4-18(23)19(13-17)32-2;1-7-10(12)11(13-15(7)6-9(16)17)8-2-4-14(18)5-3-8;1-15-11-8-9(2-3-10(11)12)14-6-4-13-5-7-14/h3-8,13,31H,9-12,14H2,1-2H3;2-5H,6H2,1H3,(H-,13,16,17,18);2-3,8,13H,4-7H2,1H3/q+1;;/p+1. The topological polar surface area (TPSA) is 178 Å². The summed E-state index contributed by atoms with van der Waals surface area (Å²) in [6.07, 6.45) is 5.89. The first-order valence-electron chi connectivity index (χ1n) is 20.4. The molecule has 0 unspecified atom stereocenters. The van der Waals surface area contributed by atoms with Crippen molar-refractivity contribution in [2.75, 3.05) is 76.4 Å². The minimum atomic E-state index is -0.981. The molecule has 2 aliphatic rings. The second-order valence-electron chi connectivity index (χ2n) is 14.9. The van der Waals surface area contributed by atoms with Gasteiger partial charge < -0.3 is 34.6 Å². The maximum absolute atomic E-state index is 12.9. The number of carbonyl (C=O) groups excluding carboxylic acids is 1. The molecule has 8 rings (SSSR count). The summed E-state index contributed by atoms with van der Waals surface area (Å²) in [6, 6.07) is 18.3. The van der Waals surface area contributed by atoms with Gasteiger partial charge in [-0.2, -0.15) is 10.2 Å². The highest BCUT2D eigenvalue weighted by molar-refractivity contribution is 6.34. The van der Waals surface area contributed by atoms with Crippen molar-refractivity contribution >= 4 is 69.7 Å². The van der Waals surface area contributed by atoms with Crippen LogP contribution in [-0.2, 0) is 22.7 Å². The molecule has 0 atom stereocenters. The first kappa shape index (κ1) is 48.5. The molecule has 2 aliphatic heterocycles. The van der Waals surface area contributed by atoms with Gasteiger partial charge in [0.1, 0.15) is 36.0 Å². The number of carboxylic acid groups (broad SMARTS) is 1. The van der Waals surface area contributed by atoms with Crippen LogP contribution in [0.25, 0.3) is 22.5 Å². The summed E-state index contributed by atoms with van der Waals surface area (Å²) in [5, 5.41) is 41.5. The van der Waals surface area contributed by atoms with Crippen molar-refractivity contribution < 1.29 is 44.0 Å². The van der Waals surface area contributed by atoms with Gasteiger partial charge in [-0.1, -0.05) is 46.4 Å². The van der Waals surface area contributed by atoms with Crippen LogP contribution in [0.5, 0.6) is 11.5 Å². The van der Waals surface area contributed by atoms with Crippen molar-refractivity contribution in [2.24, 2.45) is 0 Å². The molecule has 0 aliphatic carbocycles. The molecule has 344 valence electrons. The molecule has 6 aromatic rings. The molecule has 6 heterocycles. The van der Waals surface area contributed by atoms with Crippen LogP contribution < -0.4 is 34.1 Å². The third-order valence-electron chi connectivity index (χ3n) is 10.8. The fourth-order valence-corrected chi connectivity index (χ4v) is 7.94. The summed E-state index contributed by atoms with van der Waals surface area (Å²) < 4.78 is 15.3. The number of aromatic nitrogens is 6. The number of hydrogen-bond donors (Lipinski definition) is 4. The molecule has 21 heteroatoms. The second-order valence-corrected chi connectivity index (χ2v) is 16.5. The van der Waals surface area contributed by atoms with Gasteiger partial charge in [-0.3, -0.25) is 29.4 Å². The lowest BCUT2D eigenvalue weighted by molar-refractivity contribution is -0.904. The molecular weight excluding hydrogens is 922 g/mol. The summed E-state index contributed by atoms with van der Waals surface area (Å²) in [4.78, 5) is 30.0. The number of ether oxygens (including phenoxy) is 2. The van der Waals surface area contributed by atoms with E-state index in [9.17, 15) is 14.8 Å². The number of halogens is 4. The van der Waals surface area contributed by atoms with E-state index in [2.05, 4.69) is 25.3 Å². The van der Waals surface area contributed by atoms with Crippen molar-refractivity contribution in [2.45, 2.75) is 26.9 Å². The highest BCUT2D eigenvalue weighted by Crippen LogP contribution is 2.33. The Bertz CT molecular complexity index is 2580. The monoisotopic (exact) mass is 970 g/mol. The summed E-state index contributed by atoms with van der Waals surface area (Å²) in [5.74, 6) is 0.392. The number of carbonyl (C=O) groups is 2. The van der Waals surface area contributed by atoms with Crippen molar-refractivity contribution in [3.8, 4) is 34.0 Å². The molecule has 1 amide bonds. The van der Waals surface area contributed by atoms with Crippen molar-refractivity contribution in [3.63, 3.8) is 0 Å². The number of hydrogen-bond acceptors (Lipinski definition) is 11. The van der Waals surface area contributed by atoms with E-state index >= 15 is 0 Å². The summed E-state index contributed by atoms with van der Waals surface area (Å²) in [5.41, 5.74) is 6.06. The number of pyridine rings is 2. The van der Waals surface area contributed by atoms with Gasteiger partial charge in [0, 0.05) is 121 Å². The highest BCUT2D eigenvalue weighted by atomic mass is 35.5. The van der Waals surface area contributed by atoms with E-state index < -0.39 is 5.97 Å². The van der Waals surface area contributed by atoms with Gasteiger partial charge in [0.25, 0.3) is 0 Å². The van der Waals surface area contributed by atoms with Gasteiger partial charge >= 0.3 is 5.97 Å². The van der Waals surface area contributed by atoms with Crippen molar-refractivity contribution in [3.05, 3.63) is 117 Å². The lowest BCUT2D eigenvalue weighted by Crippen LogP contribution is -2.49. The lowest BCUT2D eigenvalue weighted by Gasteiger charge is -2.36. The van der Waals surface area contributed by atoms with Crippen LogP contribution in [0.2, 0.25) is 20.1 Å². The number of rotatable bonds is 10. The van der Waals surface area contributed by atoms with Gasteiger partial charge in [0.05, 0.1) is 45.7 Å². The van der Waals surface area contributed by atoms with E-state index in [1.807, 2.05) is 48.2 Å². The van der Waals surface area contributed by atoms with Crippen LogP contribution >= 0.6 is 46.4 Å². The van der Waals surface area contributed by atoms with Crippen LogP contribution in [0.4, 0.5) is 11.4 Å². The fraction of sp³-hybridized carbons (Fsp3) is 0.318. The van der Waals surface area contributed by atoms with Crippen LogP contribution in [0.15, 0.2) is 85.5 Å². The van der Waals surface area contributed by atoms with E-state index in [-0.39, 0.29) is 19.0 Å². The molecule has 0 spiro atoms. The third-order valence-corrected chi connectivity index (χ3v) is 12.3. The maximum Gasteiger partial charge on any atom is 0.325 e. The first-order chi connectivity index (χ1) is 31.2. The molecule has 2 aromatic carbocycles. The molecule has 4 aromatic heterocycles. The van der Waals surface area contributed by atoms with Crippen LogP contribution in [0, 0.1) is 13.8 Å². The second kappa shape index (κ2) is 22.3. The lowest BCUT2D eigenvalue weighted by atomic mass is 10.2. The van der Waals surface area contributed by atoms with E-state index in [0.29, 0.717) is 74.7 Å². The molecule has 2 fully saturated rings. The fourth-order valence-electron chi connectivity index (χ4n) is 7.06. The molecule has 0 saturated carbocycles. The van der Waals surface area contributed by atoms with Gasteiger partial charge in [0.15, 0.2) is 0 Å². The summed E-state index contributed by atoms with van der Waals surface area (Å²) >= 11 is 24.7.